The van der Waals surface area contributed by atoms with E-state index in [9.17, 15) is 0 Å². The summed E-state index contributed by atoms with van der Waals surface area (Å²) >= 11 is 0. The van der Waals surface area contributed by atoms with Crippen LogP contribution in [0.4, 0.5) is 11.4 Å². The van der Waals surface area contributed by atoms with Gasteiger partial charge in [0.25, 0.3) is 0 Å². The van der Waals surface area contributed by atoms with Crippen LogP contribution in [0.1, 0.15) is 22.3 Å². The molecular formula is C17H22N4. The molecule has 0 aliphatic rings. The zero-order chi connectivity index (χ0) is 15.4. The average Bonchev–Trinajstić information content (AvgIpc) is 2.42. The number of nitrogens with one attached hydrogen (secondary N) is 4. The van der Waals surface area contributed by atoms with Crippen LogP contribution in [0.15, 0.2) is 36.4 Å². The molecule has 0 bridgehead atoms. The molecule has 21 heavy (non-hydrogen) atoms. The van der Waals surface area contributed by atoms with E-state index in [1.165, 1.54) is 0 Å². The Hall–Kier alpha value is -2.49. The number of aryl methyl sites for hydroxylation is 4. The molecule has 0 amide bonds. The summed E-state index contributed by atoms with van der Waals surface area (Å²) in [5.41, 5.74) is 12.5. The molecule has 4 nitrogen and oxygen atoms in total. The Kier molecular flexibility index (Phi) is 4.48. The monoisotopic (exact) mass is 282 g/mol. The molecule has 0 saturated heterocycles. The average molecular weight is 282 g/mol. The first-order chi connectivity index (χ1) is 9.99. The Morgan fingerprint density at radius 3 is 1.67 bits per heavy atom. The number of anilines is 2. The molecule has 0 spiro atoms. The van der Waals surface area contributed by atoms with E-state index in [0.29, 0.717) is 0 Å². The van der Waals surface area contributed by atoms with E-state index in [1.807, 2.05) is 64.1 Å². The van der Waals surface area contributed by atoms with E-state index < -0.39 is 0 Å². The van der Waals surface area contributed by atoms with Crippen molar-refractivity contribution in [1.82, 2.24) is 5.43 Å². The smallest absolute Gasteiger partial charge is 0.212 e. The van der Waals surface area contributed by atoms with Crippen molar-refractivity contribution in [2.24, 2.45) is 0 Å². The van der Waals surface area contributed by atoms with Gasteiger partial charge in [-0.15, -0.1) is 0 Å². The van der Waals surface area contributed by atoms with Gasteiger partial charge in [-0.25, -0.2) is 0 Å². The number of hydrogen-bond donors (Lipinski definition) is 4. The topological polar surface area (TPSA) is 59.9 Å². The van der Waals surface area contributed by atoms with E-state index in [2.05, 4.69) is 16.2 Å². The van der Waals surface area contributed by atoms with Gasteiger partial charge in [-0.3, -0.25) is 16.3 Å². The summed E-state index contributed by atoms with van der Waals surface area (Å²) in [5, 5.41) is 11.1. The van der Waals surface area contributed by atoms with Crippen molar-refractivity contribution in [1.29, 1.82) is 5.41 Å². The Labute approximate surface area is 126 Å². The third-order valence-electron chi connectivity index (χ3n) is 3.52. The molecule has 0 fully saturated rings. The number of guanidine groups is 1. The van der Waals surface area contributed by atoms with Gasteiger partial charge in [-0.2, -0.15) is 0 Å². The van der Waals surface area contributed by atoms with Gasteiger partial charge in [0.1, 0.15) is 0 Å². The molecule has 4 N–H and O–H groups in total. The molecule has 0 aromatic heterocycles. The zero-order valence-corrected chi connectivity index (χ0v) is 13.0. The summed E-state index contributed by atoms with van der Waals surface area (Å²) in [7, 11) is 0. The van der Waals surface area contributed by atoms with Crippen LogP contribution >= 0.6 is 0 Å². The second kappa shape index (κ2) is 6.31. The van der Waals surface area contributed by atoms with Gasteiger partial charge in [-0.05, 0) is 49.9 Å². The fourth-order valence-corrected chi connectivity index (χ4v) is 2.30. The molecule has 110 valence electrons. The van der Waals surface area contributed by atoms with Gasteiger partial charge in [0.2, 0.25) is 5.96 Å². The van der Waals surface area contributed by atoms with Crippen molar-refractivity contribution in [2.45, 2.75) is 27.7 Å². The number of hydrazine groups is 1. The predicted molar refractivity (Wildman–Crippen MR) is 89.9 cm³/mol. The minimum absolute atomic E-state index is 0.218. The third-order valence-corrected chi connectivity index (χ3v) is 3.52. The Morgan fingerprint density at radius 2 is 1.19 bits per heavy atom. The van der Waals surface area contributed by atoms with Crippen LogP contribution in [0.3, 0.4) is 0 Å². The van der Waals surface area contributed by atoms with Gasteiger partial charge in [0.15, 0.2) is 0 Å². The molecule has 0 aliphatic heterocycles. The van der Waals surface area contributed by atoms with Gasteiger partial charge in [0, 0.05) is 5.69 Å². The van der Waals surface area contributed by atoms with Gasteiger partial charge in [-0.1, -0.05) is 36.4 Å². The molecule has 2 rings (SSSR count). The third kappa shape index (κ3) is 3.54. The molecular weight excluding hydrogens is 260 g/mol. The summed E-state index contributed by atoms with van der Waals surface area (Å²) < 4.78 is 0. The summed E-state index contributed by atoms with van der Waals surface area (Å²) in [4.78, 5) is 0. The molecule has 4 heteroatoms. The second-order valence-corrected chi connectivity index (χ2v) is 5.28. The molecule has 0 heterocycles. The van der Waals surface area contributed by atoms with E-state index >= 15 is 0 Å². The van der Waals surface area contributed by atoms with Gasteiger partial charge < -0.3 is 5.32 Å². The van der Waals surface area contributed by atoms with Gasteiger partial charge in [0.05, 0.1) is 5.69 Å². The van der Waals surface area contributed by atoms with E-state index in [0.717, 1.165) is 33.6 Å². The largest absolute Gasteiger partial charge is 0.325 e. The van der Waals surface area contributed by atoms with E-state index in [-0.39, 0.29) is 5.96 Å². The summed E-state index contributed by atoms with van der Waals surface area (Å²) in [6.07, 6.45) is 0. The number of benzene rings is 2. The minimum atomic E-state index is 0.218. The quantitative estimate of drug-likeness (QED) is 0.392. The first-order valence-electron chi connectivity index (χ1n) is 6.99. The maximum absolute atomic E-state index is 8.02. The molecule has 0 radical (unpaired) electrons. The van der Waals surface area contributed by atoms with Crippen molar-refractivity contribution in [2.75, 3.05) is 10.7 Å². The van der Waals surface area contributed by atoms with E-state index in [1.54, 1.807) is 0 Å². The van der Waals surface area contributed by atoms with Crippen LogP contribution in [0.25, 0.3) is 0 Å². The maximum atomic E-state index is 8.02. The Balaban J connectivity index is 2.03. The molecule has 2 aromatic carbocycles. The summed E-state index contributed by atoms with van der Waals surface area (Å²) in [6, 6.07) is 12.2. The fourth-order valence-electron chi connectivity index (χ4n) is 2.30. The highest BCUT2D eigenvalue weighted by Gasteiger charge is 2.05. The van der Waals surface area contributed by atoms with Crippen molar-refractivity contribution >= 4 is 17.3 Å². The lowest BCUT2D eigenvalue weighted by Gasteiger charge is -2.17. The highest BCUT2D eigenvalue weighted by atomic mass is 15.4. The number of rotatable bonds is 3. The standard InChI is InChI=1S/C17H22N4/c1-11-7-5-8-12(2)15(11)19-17(18)21-20-16-13(3)9-6-10-14(16)4/h5-10,20H,1-4H3,(H3,18,19,21). The second-order valence-electron chi connectivity index (χ2n) is 5.28. The van der Waals surface area contributed by atoms with Crippen LogP contribution in [0.2, 0.25) is 0 Å². The fraction of sp³-hybridized carbons (Fsp3) is 0.235. The summed E-state index contributed by atoms with van der Waals surface area (Å²) in [5.74, 6) is 0.218. The van der Waals surface area contributed by atoms with Crippen LogP contribution in [0.5, 0.6) is 0 Å². The van der Waals surface area contributed by atoms with Crippen LogP contribution in [-0.2, 0) is 0 Å². The highest BCUT2D eigenvalue weighted by molar-refractivity contribution is 5.93. The lowest BCUT2D eigenvalue weighted by atomic mass is 10.1. The van der Waals surface area contributed by atoms with Crippen LogP contribution in [0, 0.1) is 33.1 Å². The Bertz CT molecular complexity index is 621. The minimum Gasteiger partial charge on any atom is -0.325 e. The first-order valence-corrected chi connectivity index (χ1v) is 6.99. The molecule has 0 saturated carbocycles. The first kappa shape index (κ1) is 14.9. The van der Waals surface area contributed by atoms with Crippen molar-refractivity contribution < 1.29 is 0 Å². The van der Waals surface area contributed by atoms with E-state index in [4.69, 9.17) is 5.41 Å². The van der Waals surface area contributed by atoms with Crippen molar-refractivity contribution in [3.8, 4) is 0 Å². The van der Waals surface area contributed by atoms with Crippen molar-refractivity contribution in [3.05, 3.63) is 58.7 Å². The summed E-state index contributed by atoms with van der Waals surface area (Å²) in [6.45, 7) is 8.14. The Morgan fingerprint density at radius 1 is 0.762 bits per heavy atom. The maximum Gasteiger partial charge on any atom is 0.212 e. The number of para-hydroxylation sites is 2. The molecule has 2 aromatic rings. The normalized spacial score (nSPS) is 10.1. The SMILES string of the molecule is Cc1cccc(C)c1NNC(=N)Nc1c(C)cccc1C. The molecule has 0 unspecified atom stereocenters. The highest BCUT2D eigenvalue weighted by Crippen LogP contribution is 2.20. The molecule has 0 atom stereocenters. The van der Waals surface area contributed by atoms with Crippen molar-refractivity contribution in [3.63, 3.8) is 0 Å². The van der Waals surface area contributed by atoms with Crippen LogP contribution in [-0.4, -0.2) is 5.96 Å². The lowest BCUT2D eigenvalue weighted by molar-refractivity contribution is 1.07. The zero-order valence-electron chi connectivity index (χ0n) is 13.0. The van der Waals surface area contributed by atoms with Crippen LogP contribution < -0.4 is 16.2 Å². The lowest BCUT2D eigenvalue weighted by Crippen LogP contribution is -2.35. The molecule has 0 aliphatic carbocycles. The van der Waals surface area contributed by atoms with Gasteiger partial charge >= 0.3 is 0 Å². The number of hydrogen-bond acceptors (Lipinski definition) is 2. The predicted octanol–water partition coefficient (Wildman–Crippen LogP) is 3.88.